The molecule has 1 saturated heterocycles. The Bertz CT molecular complexity index is 446. The largest absolute Gasteiger partial charge is 0.357 e. The minimum Gasteiger partial charge on any atom is -0.357 e. The van der Waals surface area contributed by atoms with Crippen molar-refractivity contribution < 1.29 is 0 Å². The molecule has 3 heteroatoms. The molecule has 0 aromatic carbocycles. The number of hydrogen-bond acceptors (Lipinski definition) is 3. The first-order chi connectivity index (χ1) is 10.8. The number of nitrogens with zero attached hydrogens (tertiary/aromatic N) is 2. The van der Waals surface area contributed by atoms with Crippen LogP contribution in [0.5, 0.6) is 0 Å². The third kappa shape index (κ3) is 4.22. The fourth-order valence-electron chi connectivity index (χ4n) is 4.02. The van der Waals surface area contributed by atoms with Gasteiger partial charge in [0.1, 0.15) is 5.82 Å². The second-order valence-electron chi connectivity index (χ2n) is 7.10. The Kier molecular flexibility index (Phi) is 5.71. The van der Waals surface area contributed by atoms with Gasteiger partial charge >= 0.3 is 0 Å². The Morgan fingerprint density at radius 2 is 1.95 bits per heavy atom. The van der Waals surface area contributed by atoms with E-state index < -0.39 is 0 Å². The van der Waals surface area contributed by atoms with Gasteiger partial charge in [-0.05, 0) is 62.1 Å². The third-order valence-electron chi connectivity index (χ3n) is 5.38. The molecule has 0 atom stereocenters. The van der Waals surface area contributed by atoms with Gasteiger partial charge in [-0.3, -0.25) is 0 Å². The van der Waals surface area contributed by atoms with Crippen molar-refractivity contribution in [2.75, 3.05) is 18.0 Å². The van der Waals surface area contributed by atoms with E-state index >= 15 is 0 Å². The van der Waals surface area contributed by atoms with Crippen LogP contribution < -0.4 is 10.2 Å². The van der Waals surface area contributed by atoms with Gasteiger partial charge in [0.05, 0.1) is 0 Å². The van der Waals surface area contributed by atoms with E-state index in [1.165, 1.54) is 75.8 Å². The quantitative estimate of drug-likeness (QED) is 0.856. The highest BCUT2D eigenvalue weighted by atomic mass is 15.2. The zero-order valence-electron chi connectivity index (χ0n) is 14.1. The van der Waals surface area contributed by atoms with Crippen LogP contribution in [0.3, 0.4) is 0 Å². The minimum atomic E-state index is 0.719. The first-order valence-electron chi connectivity index (χ1n) is 9.28. The Hall–Kier alpha value is -1.09. The number of pyridine rings is 1. The summed E-state index contributed by atoms with van der Waals surface area (Å²) in [5, 5.41) is 3.77. The molecule has 2 aliphatic rings. The van der Waals surface area contributed by atoms with Crippen LogP contribution in [0.25, 0.3) is 0 Å². The summed E-state index contributed by atoms with van der Waals surface area (Å²) < 4.78 is 0. The predicted octanol–water partition coefficient (Wildman–Crippen LogP) is 4.13. The molecule has 22 heavy (non-hydrogen) atoms. The maximum Gasteiger partial charge on any atom is 0.128 e. The van der Waals surface area contributed by atoms with Crippen LogP contribution in [0.15, 0.2) is 18.3 Å². The standard InChI is InChI=1S/C19H31N3/c1-2-5-16-6-8-18(9-7-16)21-15-17-10-11-20-19(14-17)22-12-3-4-13-22/h10-11,14,16,18,21H,2-9,12-13,15H2,1H3. The van der Waals surface area contributed by atoms with Gasteiger partial charge in [-0.15, -0.1) is 0 Å². The van der Waals surface area contributed by atoms with Crippen LogP contribution in [0, 0.1) is 5.92 Å². The number of nitrogens with one attached hydrogen (secondary N) is 1. The average molecular weight is 301 g/mol. The summed E-state index contributed by atoms with van der Waals surface area (Å²) in [5.74, 6) is 2.16. The number of aromatic nitrogens is 1. The molecule has 1 aliphatic heterocycles. The molecule has 3 rings (SSSR count). The van der Waals surface area contributed by atoms with Crippen LogP contribution in [0.4, 0.5) is 5.82 Å². The second-order valence-corrected chi connectivity index (χ2v) is 7.10. The topological polar surface area (TPSA) is 28.2 Å². The lowest BCUT2D eigenvalue weighted by atomic mass is 9.83. The van der Waals surface area contributed by atoms with Gasteiger partial charge in [0.25, 0.3) is 0 Å². The first kappa shape index (κ1) is 15.8. The molecule has 2 heterocycles. The molecule has 0 radical (unpaired) electrons. The Morgan fingerprint density at radius 3 is 2.68 bits per heavy atom. The average Bonchev–Trinajstić information content (AvgIpc) is 3.09. The van der Waals surface area contributed by atoms with E-state index in [0.717, 1.165) is 18.5 Å². The molecular formula is C19H31N3. The zero-order valence-corrected chi connectivity index (χ0v) is 14.1. The lowest BCUT2D eigenvalue weighted by Crippen LogP contribution is -2.32. The van der Waals surface area contributed by atoms with Crippen molar-refractivity contribution >= 4 is 5.82 Å². The van der Waals surface area contributed by atoms with Crippen LogP contribution in [0.1, 0.15) is 63.9 Å². The highest BCUT2D eigenvalue weighted by Crippen LogP contribution is 2.28. The van der Waals surface area contributed by atoms with E-state index in [9.17, 15) is 0 Å². The monoisotopic (exact) mass is 301 g/mol. The summed E-state index contributed by atoms with van der Waals surface area (Å²) in [4.78, 5) is 6.96. The minimum absolute atomic E-state index is 0.719. The summed E-state index contributed by atoms with van der Waals surface area (Å²) in [6.07, 6.45) is 12.9. The lowest BCUT2D eigenvalue weighted by molar-refractivity contribution is 0.277. The third-order valence-corrected chi connectivity index (χ3v) is 5.38. The van der Waals surface area contributed by atoms with Gasteiger partial charge in [0.15, 0.2) is 0 Å². The zero-order chi connectivity index (χ0) is 15.2. The van der Waals surface area contributed by atoms with Crippen molar-refractivity contribution in [3.05, 3.63) is 23.9 Å². The summed E-state index contributed by atoms with van der Waals surface area (Å²) in [5.41, 5.74) is 1.38. The lowest BCUT2D eigenvalue weighted by Gasteiger charge is -2.29. The van der Waals surface area contributed by atoms with Crippen LogP contribution in [-0.4, -0.2) is 24.1 Å². The smallest absolute Gasteiger partial charge is 0.128 e. The Labute approximate surface area is 135 Å². The molecular weight excluding hydrogens is 270 g/mol. The maximum atomic E-state index is 4.54. The molecule has 1 N–H and O–H groups in total. The summed E-state index contributed by atoms with van der Waals surface area (Å²) >= 11 is 0. The first-order valence-corrected chi connectivity index (χ1v) is 9.28. The fraction of sp³-hybridized carbons (Fsp3) is 0.737. The summed E-state index contributed by atoms with van der Waals surface area (Å²) in [7, 11) is 0. The SMILES string of the molecule is CCCC1CCC(NCc2ccnc(N3CCCC3)c2)CC1. The summed E-state index contributed by atoms with van der Waals surface area (Å²) in [6.45, 7) is 5.65. The van der Waals surface area contributed by atoms with E-state index in [2.05, 4.69) is 34.3 Å². The predicted molar refractivity (Wildman–Crippen MR) is 93.2 cm³/mol. The van der Waals surface area contributed by atoms with Gasteiger partial charge in [0, 0.05) is 31.9 Å². The van der Waals surface area contributed by atoms with Crippen molar-refractivity contribution in [1.82, 2.24) is 10.3 Å². The molecule has 1 aromatic rings. The number of anilines is 1. The van der Waals surface area contributed by atoms with Gasteiger partial charge in [-0.1, -0.05) is 19.8 Å². The van der Waals surface area contributed by atoms with Gasteiger partial charge in [-0.2, -0.15) is 0 Å². The van der Waals surface area contributed by atoms with Crippen molar-refractivity contribution in [2.24, 2.45) is 5.92 Å². The van der Waals surface area contributed by atoms with E-state index in [0.29, 0.717) is 0 Å². The normalized spacial score (nSPS) is 25.6. The number of rotatable bonds is 6. The second kappa shape index (κ2) is 7.96. The van der Waals surface area contributed by atoms with Gasteiger partial charge in [-0.25, -0.2) is 4.98 Å². The Morgan fingerprint density at radius 1 is 1.18 bits per heavy atom. The van der Waals surface area contributed by atoms with Crippen molar-refractivity contribution in [1.29, 1.82) is 0 Å². The van der Waals surface area contributed by atoms with Crippen LogP contribution in [0.2, 0.25) is 0 Å². The molecule has 2 fully saturated rings. The number of hydrogen-bond donors (Lipinski definition) is 1. The molecule has 0 unspecified atom stereocenters. The molecule has 1 aliphatic carbocycles. The molecule has 0 spiro atoms. The highest BCUT2D eigenvalue weighted by molar-refractivity contribution is 5.41. The fourth-order valence-corrected chi connectivity index (χ4v) is 4.02. The van der Waals surface area contributed by atoms with Crippen molar-refractivity contribution in [3.63, 3.8) is 0 Å². The van der Waals surface area contributed by atoms with E-state index in [-0.39, 0.29) is 0 Å². The summed E-state index contributed by atoms with van der Waals surface area (Å²) in [6, 6.07) is 5.16. The van der Waals surface area contributed by atoms with Crippen LogP contribution in [-0.2, 0) is 6.54 Å². The molecule has 3 nitrogen and oxygen atoms in total. The molecule has 1 saturated carbocycles. The van der Waals surface area contributed by atoms with Crippen LogP contribution >= 0.6 is 0 Å². The maximum absolute atomic E-state index is 4.54. The molecule has 0 amide bonds. The Balaban J connectivity index is 1.46. The highest BCUT2D eigenvalue weighted by Gasteiger charge is 2.20. The van der Waals surface area contributed by atoms with Gasteiger partial charge < -0.3 is 10.2 Å². The molecule has 122 valence electrons. The molecule has 0 bridgehead atoms. The van der Waals surface area contributed by atoms with Gasteiger partial charge in [0.2, 0.25) is 0 Å². The van der Waals surface area contributed by atoms with E-state index in [1.54, 1.807) is 0 Å². The van der Waals surface area contributed by atoms with Crippen molar-refractivity contribution in [3.8, 4) is 0 Å². The molecule has 1 aromatic heterocycles. The van der Waals surface area contributed by atoms with Crippen molar-refractivity contribution in [2.45, 2.75) is 70.9 Å². The van der Waals surface area contributed by atoms with E-state index in [1.807, 2.05) is 6.20 Å². The van der Waals surface area contributed by atoms with E-state index in [4.69, 9.17) is 0 Å².